The van der Waals surface area contributed by atoms with Gasteiger partial charge in [-0.1, -0.05) is 55.2 Å². The Hall–Kier alpha value is -1.97. The summed E-state index contributed by atoms with van der Waals surface area (Å²) in [4.78, 5) is 13.1. The molecule has 4 rings (SSSR count). The van der Waals surface area contributed by atoms with Crippen LogP contribution in [0.5, 0.6) is 0 Å². The van der Waals surface area contributed by atoms with Gasteiger partial charge in [0.25, 0.3) is 0 Å². The molecule has 0 saturated heterocycles. The quantitative estimate of drug-likeness (QED) is 0.611. The number of hydrogen-bond acceptors (Lipinski definition) is 3. The number of nitrogens with one attached hydrogen (secondary N) is 2. The summed E-state index contributed by atoms with van der Waals surface area (Å²) < 4.78 is 0. The number of benzene rings is 2. The highest BCUT2D eigenvalue weighted by atomic mass is 35.5. The molecule has 26 heavy (non-hydrogen) atoms. The summed E-state index contributed by atoms with van der Waals surface area (Å²) in [6.07, 6.45) is 1.30. The van der Waals surface area contributed by atoms with Crippen LogP contribution in [0.1, 0.15) is 38.3 Å². The molecule has 0 saturated carbocycles. The lowest BCUT2D eigenvalue weighted by atomic mass is 9.73. The minimum absolute atomic E-state index is 0.0863. The van der Waals surface area contributed by atoms with Crippen molar-refractivity contribution in [3.8, 4) is 0 Å². The van der Waals surface area contributed by atoms with Crippen LogP contribution in [-0.4, -0.2) is 5.78 Å². The van der Waals surface area contributed by atoms with Gasteiger partial charge in [-0.15, -0.1) is 0 Å². The first-order chi connectivity index (χ1) is 12.4. The van der Waals surface area contributed by atoms with E-state index in [1.807, 2.05) is 42.5 Å². The topological polar surface area (TPSA) is 41.1 Å². The van der Waals surface area contributed by atoms with Crippen molar-refractivity contribution in [1.29, 1.82) is 0 Å². The Kier molecular flexibility index (Phi) is 4.25. The van der Waals surface area contributed by atoms with Gasteiger partial charge in [0.2, 0.25) is 0 Å². The number of halogens is 2. The van der Waals surface area contributed by atoms with Crippen molar-refractivity contribution in [2.45, 2.75) is 32.7 Å². The average Bonchev–Trinajstić information content (AvgIpc) is 2.70. The Morgan fingerprint density at radius 1 is 0.962 bits per heavy atom. The van der Waals surface area contributed by atoms with Gasteiger partial charge >= 0.3 is 0 Å². The van der Waals surface area contributed by atoms with E-state index in [-0.39, 0.29) is 17.2 Å². The fraction of sp³-hybridized carbons (Fsp3) is 0.286. The van der Waals surface area contributed by atoms with Crippen LogP contribution in [0.2, 0.25) is 10.0 Å². The maximum Gasteiger partial charge on any atom is 0.163 e. The third-order valence-electron chi connectivity index (χ3n) is 5.01. The van der Waals surface area contributed by atoms with Gasteiger partial charge in [0.05, 0.1) is 17.4 Å². The van der Waals surface area contributed by atoms with E-state index in [9.17, 15) is 4.79 Å². The van der Waals surface area contributed by atoms with E-state index in [0.717, 1.165) is 34.6 Å². The van der Waals surface area contributed by atoms with Crippen LogP contribution in [0, 0.1) is 5.41 Å². The fourth-order valence-electron chi connectivity index (χ4n) is 3.89. The highest BCUT2D eigenvalue weighted by Gasteiger charge is 2.39. The predicted octanol–water partition coefficient (Wildman–Crippen LogP) is 6.22. The molecule has 5 heteroatoms. The summed E-state index contributed by atoms with van der Waals surface area (Å²) in [7, 11) is 0. The lowest BCUT2D eigenvalue weighted by Crippen LogP contribution is -2.31. The first-order valence-corrected chi connectivity index (χ1v) is 9.44. The summed E-state index contributed by atoms with van der Waals surface area (Å²) in [6.45, 7) is 4.25. The predicted molar refractivity (Wildman–Crippen MR) is 108 cm³/mol. The molecule has 1 heterocycles. The molecule has 1 aliphatic carbocycles. The minimum atomic E-state index is -0.383. The van der Waals surface area contributed by atoms with E-state index in [4.69, 9.17) is 23.2 Å². The standard InChI is InChI=1S/C21H20Cl2N2O/c1-21(2)10-16-19(17(26)11-21)20(18-12(22)6-5-7-13(18)23)25-15-9-4-3-8-14(15)24-16/h3-9,20,24-25H,10-11H2,1-2H3/t20-/m0/s1. The molecule has 0 spiro atoms. The molecular weight excluding hydrogens is 367 g/mol. The fourth-order valence-corrected chi connectivity index (χ4v) is 4.51. The maximum absolute atomic E-state index is 13.1. The molecule has 3 nitrogen and oxygen atoms in total. The van der Waals surface area contributed by atoms with E-state index in [2.05, 4.69) is 24.5 Å². The zero-order chi connectivity index (χ0) is 18.5. The van der Waals surface area contributed by atoms with Gasteiger partial charge in [-0.3, -0.25) is 4.79 Å². The van der Waals surface area contributed by atoms with Gasteiger partial charge < -0.3 is 10.6 Å². The molecule has 2 aromatic carbocycles. The monoisotopic (exact) mass is 386 g/mol. The van der Waals surface area contributed by atoms with Gasteiger partial charge in [-0.2, -0.15) is 0 Å². The molecule has 134 valence electrons. The first-order valence-electron chi connectivity index (χ1n) is 8.68. The van der Waals surface area contributed by atoms with Crippen LogP contribution in [0.25, 0.3) is 0 Å². The lowest BCUT2D eigenvalue weighted by Gasteiger charge is -2.34. The van der Waals surface area contributed by atoms with Crippen molar-refractivity contribution in [1.82, 2.24) is 0 Å². The number of carbonyl (C=O) groups is 1. The highest BCUT2D eigenvalue weighted by Crippen LogP contribution is 2.47. The SMILES string of the molecule is CC1(C)CC(=O)C2=C(C1)Nc1ccccc1N[C@H]2c1c(Cl)cccc1Cl. The second kappa shape index (κ2) is 6.33. The second-order valence-electron chi connectivity index (χ2n) is 7.72. The van der Waals surface area contributed by atoms with E-state index in [1.165, 1.54) is 0 Å². The van der Waals surface area contributed by atoms with Crippen molar-refractivity contribution in [2.24, 2.45) is 5.41 Å². The number of allylic oxidation sites excluding steroid dienone is 1. The summed E-state index contributed by atoms with van der Waals surface area (Å²) >= 11 is 13.0. The largest absolute Gasteiger partial charge is 0.372 e. The van der Waals surface area contributed by atoms with Gasteiger partial charge in [0.15, 0.2) is 5.78 Å². The van der Waals surface area contributed by atoms with Gasteiger partial charge in [0, 0.05) is 33.3 Å². The lowest BCUT2D eigenvalue weighted by molar-refractivity contribution is -0.118. The zero-order valence-corrected chi connectivity index (χ0v) is 16.2. The van der Waals surface area contributed by atoms with E-state index < -0.39 is 0 Å². The molecule has 0 unspecified atom stereocenters. The van der Waals surface area contributed by atoms with E-state index >= 15 is 0 Å². The molecule has 0 aromatic heterocycles. The maximum atomic E-state index is 13.1. The van der Waals surface area contributed by atoms with Gasteiger partial charge in [-0.25, -0.2) is 0 Å². The Balaban J connectivity index is 1.95. The molecule has 0 fully saturated rings. The normalized spacial score (nSPS) is 21.2. The van der Waals surface area contributed by atoms with Crippen LogP contribution in [0.4, 0.5) is 11.4 Å². The molecular formula is C21H20Cl2N2O. The number of rotatable bonds is 1. The van der Waals surface area contributed by atoms with Crippen molar-refractivity contribution in [3.05, 3.63) is 69.3 Å². The van der Waals surface area contributed by atoms with Crippen LogP contribution < -0.4 is 10.6 Å². The van der Waals surface area contributed by atoms with E-state index in [1.54, 1.807) is 0 Å². The van der Waals surface area contributed by atoms with Crippen molar-refractivity contribution < 1.29 is 4.79 Å². The molecule has 2 N–H and O–H groups in total. The molecule has 1 atom stereocenters. The van der Waals surface area contributed by atoms with E-state index in [0.29, 0.717) is 16.5 Å². The second-order valence-corrected chi connectivity index (χ2v) is 8.53. The minimum Gasteiger partial charge on any atom is -0.372 e. The van der Waals surface area contributed by atoms with Crippen LogP contribution in [0.3, 0.4) is 0 Å². The Morgan fingerprint density at radius 2 is 1.62 bits per heavy atom. The number of fused-ring (bicyclic) bond motifs is 1. The summed E-state index contributed by atoms with van der Waals surface area (Å²) in [5.74, 6) is 0.130. The Morgan fingerprint density at radius 3 is 2.31 bits per heavy atom. The highest BCUT2D eigenvalue weighted by molar-refractivity contribution is 6.36. The van der Waals surface area contributed by atoms with Crippen molar-refractivity contribution in [3.63, 3.8) is 0 Å². The third-order valence-corrected chi connectivity index (χ3v) is 5.67. The molecule has 0 amide bonds. The first kappa shape index (κ1) is 17.4. The van der Waals surface area contributed by atoms with Gasteiger partial charge in [0.1, 0.15) is 0 Å². The van der Waals surface area contributed by atoms with Crippen LogP contribution in [-0.2, 0) is 4.79 Å². The number of para-hydroxylation sites is 2. The summed E-state index contributed by atoms with van der Waals surface area (Å²) in [5.41, 5.74) is 4.22. The Labute approximate surface area is 163 Å². The third kappa shape index (κ3) is 3.00. The molecule has 1 aliphatic heterocycles. The van der Waals surface area contributed by atoms with Crippen molar-refractivity contribution in [2.75, 3.05) is 10.6 Å². The van der Waals surface area contributed by atoms with Crippen LogP contribution in [0.15, 0.2) is 53.7 Å². The number of hydrogen-bond donors (Lipinski definition) is 2. The number of carbonyl (C=O) groups excluding carboxylic acids is 1. The molecule has 0 bridgehead atoms. The molecule has 2 aromatic rings. The molecule has 2 aliphatic rings. The summed E-state index contributed by atoms with van der Waals surface area (Å²) in [5, 5.41) is 8.11. The number of ketones is 1. The smallest absolute Gasteiger partial charge is 0.163 e. The number of Topliss-reactive ketones (excluding diaryl/α,β-unsaturated/α-hetero) is 1. The summed E-state index contributed by atoms with van der Waals surface area (Å²) in [6, 6.07) is 13.0. The van der Waals surface area contributed by atoms with Gasteiger partial charge in [-0.05, 0) is 36.1 Å². The number of anilines is 2. The zero-order valence-electron chi connectivity index (χ0n) is 14.7. The van der Waals surface area contributed by atoms with Crippen molar-refractivity contribution >= 4 is 40.4 Å². The molecule has 0 radical (unpaired) electrons. The average molecular weight is 387 g/mol. The Bertz CT molecular complexity index is 913. The van der Waals surface area contributed by atoms with Crippen LogP contribution >= 0.6 is 23.2 Å².